The van der Waals surface area contributed by atoms with E-state index >= 15 is 0 Å². The van der Waals surface area contributed by atoms with Crippen LogP contribution < -0.4 is 0 Å². The molecule has 0 saturated heterocycles. The molecular weight excluding hydrogens is 631 g/mol. The Morgan fingerprint density at radius 3 is 1.18 bits per heavy atom. The molecule has 0 aliphatic rings. The fourth-order valence-electron chi connectivity index (χ4n) is 5.19. The van der Waals surface area contributed by atoms with E-state index in [0.29, 0.717) is 11.5 Å². The summed E-state index contributed by atoms with van der Waals surface area (Å²) in [6, 6.07) is 0. The number of thiol groups is 2. The van der Waals surface area contributed by atoms with E-state index < -0.39 is 19.2 Å². The van der Waals surface area contributed by atoms with Crippen molar-refractivity contribution in [2.24, 2.45) is 11.8 Å². The van der Waals surface area contributed by atoms with Gasteiger partial charge in [0.2, 0.25) is 0 Å². The first-order chi connectivity index (χ1) is 18.9. The average molecular weight is 696 g/mol. The maximum atomic E-state index is 13.6. The monoisotopic (exact) mass is 696 g/mol. The van der Waals surface area contributed by atoms with Crippen LogP contribution in [0, 0.1) is 11.8 Å². The normalized spacial score (nSPS) is 13.3. The molecule has 39 heavy (non-hydrogen) atoms. The quantitative estimate of drug-likeness (QED) is 0.0486. The molecule has 0 radical (unpaired) electrons. The Kier molecular flexibility index (Phi) is 27.6. The van der Waals surface area contributed by atoms with E-state index in [2.05, 4.69) is 53.0 Å². The molecule has 0 aromatic rings. The van der Waals surface area contributed by atoms with Gasteiger partial charge in [0.15, 0.2) is 0 Å². The third kappa shape index (κ3) is 20.1. The Bertz CT molecular complexity index is 541. The van der Waals surface area contributed by atoms with Crippen LogP contribution in [0.15, 0.2) is 0 Å². The van der Waals surface area contributed by atoms with Gasteiger partial charge in [0.1, 0.15) is 0 Å². The molecule has 0 saturated carbocycles. The molecule has 0 amide bonds. The third-order valence-corrected chi connectivity index (χ3v) is 18.0. The minimum atomic E-state index is -3.98. The van der Waals surface area contributed by atoms with E-state index in [1.165, 1.54) is 51.4 Å². The first-order valence-electron chi connectivity index (χ1n) is 16.6. The molecule has 0 aromatic carbocycles. The molecule has 0 aliphatic heterocycles. The van der Waals surface area contributed by atoms with Crippen LogP contribution in [-0.4, -0.2) is 42.6 Å². The summed E-state index contributed by atoms with van der Waals surface area (Å²) in [4.78, 5) is 27.2. The minimum absolute atomic E-state index is 0.116. The van der Waals surface area contributed by atoms with Gasteiger partial charge in [0.05, 0.1) is 0 Å². The van der Waals surface area contributed by atoms with Gasteiger partial charge in [-0.2, -0.15) is 0 Å². The van der Waals surface area contributed by atoms with Crippen molar-refractivity contribution in [2.75, 3.05) is 11.5 Å². The van der Waals surface area contributed by atoms with Gasteiger partial charge in [0.25, 0.3) is 0 Å². The van der Waals surface area contributed by atoms with E-state index in [-0.39, 0.29) is 23.8 Å². The molecule has 232 valence electrons. The molecule has 2 atom stereocenters. The molecule has 0 bridgehead atoms. The van der Waals surface area contributed by atoms with Crippen molar-refractivity contribution in [3.8, 4) is 0 Å². The van der Waals surface area contributed by atoms with Crippen molar-refractivity contribution in [1.82, 2.24) is 0 Å². The summed E-state index contributed by atoms with van der Waals surface area (Å²) in [5.41, 5.74) is 0. The van der Waals surface area contributed by atoms with Gasteiger partial charge in [-0.3, -0.25) is 0 Å². The van der Waals surface area contributed by atoms with Gasteiger partial charge >= 0.3 is 260 Å². The average Bonchev–Trinajstić information content (AvgIpc) is 2.93. The van der Waals surface area contributed by atoms with Crippen LogP contribution in [0.3, 0.4) is 0 Å². The second kappa shape index (κ2) is 27.3. The Morgan fingerprint density at radius 2 is 0.846 bits per heavy atom. The predicted molar refractivity (Wildman–Crippen MR) is 177 cm³/mol. The van der Waals surface area contributed by atoms with Gasteiger partial charge in [-0.1, -0.05) is 0 Å². The number of carbonyl (C=O) groups is 2. The van der Waals surface area contributed by atoms with Gasteiger partial charge in [0, 0.05) is 0 Å². The van der Waals surface area contributed by atoms with E-state index in [4.69, 9.17) is 6.15 Å². The number of carbonyl (C=O) groups excluding carboxylic acids is 2. The summed E-state index contributed by atoms with van der Waals surface area (Å²) in [6.07, 6.45) is 21.6. The van der Waals surface area contributed by atoms with Crippen LogP contribution in [-0.2, 0) is 15.7 Å². The summed E-state index contributed by atoms with van der Waals surface area (Å²) >= 11 is 4.92. The van der Waals surface area contributed by atoms with Crippen LogP contribution >= 0.6 is 25.3 Å². The zero-order valence-corrected chi connectivity index (χ0v) is 30.8. The van der Waals surface area contributed by atoms with Crippen LogP contribution in [0.25, 0.3) is 0 Å². The van der Waals surface area contributed by atoms with Crippen molar-refractivity contribution >= 4 is 56.4 Å². The van der Waals surface area contributed by atoms with Gasteiger partial charge in [-0.15, -0.1) is 0 Å². The summed E-state index contributed by atoms with van der Waals surface area (Å²) in [5.74, 6) is 0.838. The fraction of sp³-hybridized carbons (Fsp3) is 0.938. The SMILES string of the molecule is CCCCCCCCC(CCS)C(=O)[O][Sn]([CH2]CCC)([CH2]CCC)[O]C(=O)C(CCS)CCCCCCCC. The first-order valence-corrected chi connectivity index (χ1v) is 24.2. The van der Waals surface area contributed by atoms with Gasteiger partial charge in [-0.25, -0.2) is 0 Å². The summed E-state index contributed by atoms with van der Waals surface area (Å²) < 4.78 is 14.5. The summed E-state index contributed by atoms with van der Waals surface area (Å²) in [6.45, 7) is 8.78. The molecule has 0 heterocycles. The molecule has 0 rings (SSSR count). The van der Waals surface area contributed by atoms with Crippen LogP contribution in [0.2, 0.25) is 8.87 Å². The molecule has 0 fully saturated rings. The number of unbranched alkanes of at least 4 members (excludes halogenated alkanes) is 12. The zero-order valence-electron chi connectivity index (χ0n) is 26.2. The van der Waals surface area contributed by atoms with Crippen molar-refractivity contribution < 1.29 is 15.7 Å². The molecule has 4 nitrogen and oxygen atoms in total. The molecular formula is C32H64O4S2Sn. The van der Waals surface area contributed by atoms with Crippen LogP contribution in [0.1, 0.15) is 156 Å². The molecule has 0 aromatic heterocycles. The molecule has 0 aliphatic carbocycles. The molecule has 2 unspecified atom stereocenters. The zero-order chi connectivity index (χ0) is 29.2. The third-order valence-electron chi connectivity index (χ3n) is 7.83. The number of rotatable bonds is 28. The topological polar surface area (TPSA) is 52.6 Å². The first kappa shape index (κ1) is 39.4. The second-order valence-electron chi connectivity index (χ2n) is 11.5. The summed E-state index contributed by atoms with van der Waals surface area (Å²) in [5, 5.41) is 0. The molecule has 7 heteroatoms. The van der Waals surface area contributed by atoms with E-state index in [0.717, 1.165) is 85.9 Å². The van der Waals surface area contributed by atoms with E-state index in [1.807, 2.05) is 0 Å². The molecule has 0 N–H and O–H groups in total. The fourth-order valence-corrected chi connectivity index (χ4v) is 15.9. The number of hydrogen-bond donors (Lipinski definition) is 2. The van der Waals surface area contributed by atoms with Crippen molar-refractivity contribution in [1.29, 1.82) is 0 Å². The van der Waals surface area contributed by atoms with E-state index in [9.17, 15) is 9.59 Å². The Balaban J connectivity index is 5.48. The molecule has 0 spiro atoms. The maximum absolute atomic E-state index is 13.6. The van der Waals surface area contributed by atoms with Crippen LogP contribution in [0.5, 0.6) is 0 Å². The van der Waals surface area contributed by atoms with Crippen molar-refractivity contribution in [3.05, 3.63) is 0 Å². The second-order valence-corrected chi connectivity index (χ2v) is 21.6. The Morgan fingerprint density at radius 1 is 0.513 bits per heavy atom. The standard InChI is InChI=1S/2C12H24O2S.2C4H9.Sn/c2*1-2-3-4-5-6-7-8-11(9-10-15)12(13)14;2*1-3-4-2;/h2*11,15H,2-10H2,1H3,(H,13,14);2*1,3-4H2,2H3;/q;;;;+2/p-2. The van der Waals surface area contributed by atoms with E-state index in [1.54, 1.807) is 0 Å². The van der Waals surface area contributed by atoms with Gasteiger partial charge in [-0.05, 0) is 0 Å². The summed E-state index contributed by atoms with van der Waals surface area (Å²) in [7, 11) is 0. The Labute approximate surface area is 259 Å². The van der Waals surface area contributed by atoms with Crippen molar-refractivity contribution in [3.63, 3.8) is 0 Å². The Hall–Kier alpha value is 0.439. The predicted octanol–water partition coefficient (Wildman–Crippen LogP) is 10.5. The van der Waals surface area contributed by atoms with Crippen molar-refractivity contribution in [2.45, 2.75) is 165 Å². The van der Waals surface area contributed by atoms with Crippen LogP contribution in [0.4, 0.5) is 0 Å². The van der Waals surface area contributed by atoms with Gasteiger partial charge < -0.3 is 0 Å². The number of hydrogen-bond acceptors (Lipinski definition) is 6.